The molecule has 2 rings (SSSR count). The molecule has 4 nitrogen and oxygen atoms in total. The van der Waals surface area contributed by atoms with Crippen molar-refractivity contribution in [3.63, 3.8) is 0 Å². The maximum atomic E-state index is 12.2. The van der Waals surface area contributed by atoms with E-state index in [1.165, 1.54) is 0 Å². The fraction of sp³-hybridized carbons (Fsp3) is 0.294. The van der Waals surface area contributed by atoms with Gasteiger partial charge in [-0.25, -0.2) is 4.79 Å². The van der Waals surface area contributed by atoms with Gasteiger partial charge in [0, 0.05) is 11.9 Å². The molecule has 0 unspecified atom stereocenters. The summed E-state index contributed by atoms with van der Waals surface area (Å²) in [6.07, 6.45) is 2.61. The number of pyridine rings is 1. The number of hydrogen-bond donors (Lipinski definition) is 2. The molecule has 1 aromatic carbocycles. The van der Waals surface area contributed by atoms with E-state index in [0.717, 1.165) is 28.9 Å². The summed E-state index contributed by atoms with van der Waals surface area (Å²) in [6.45, 7) is 5.99. The van der Waals surface area contributed by atoms with Crippen LogP contribution in [0.25, 0.3) is 0 Å². The Kier molecular flexibility index (Phi) is 4.93. The first-order chi connectivity index (χ1) is 10.1. The van der Waals surface area contributed by atoms with Gasteiger partial charge in [0.05, 0.1) is 11.7 Å². The van der Waals surface area contributed by atoms with Gasteiger partial charge in [0.25, 0.3) is 0 Å². The lowest BCUT2D eigenvalue weighted by atomic mass is 10.1. The first-order valence-electron chi connectivity index (χ1n) is 7.18. The van der Waals surface area contributed by atoms with Crippen molar-refractivity contribution in [2.24, 2.45) is 0 Å². The number of amides is 2. The summed E-state index contributed by atoms with van der Waals surface area (Å²) < 4.78 is 0. The Morgan fingerprint density at radius 1 is 1.24 bits per heavy atom. The lowest BCUT2D eigenvalue weighted by Gasteiger charge is -2.17. The Morgan fingerprint density at radius 3 is 2.71 bits per heavy atom. The van der Waals surface area contributed by atoms with Crippen molar-refractivity contribution in [2.75, 3.05) is 5.32 Å². The molecule has 4 heteroatoms. The number of nitrogens with zero attached hydrogens (tertiary/aromatic N) is 1. The van der Waals surface area contributed by atoms with Crippen molar-refractivity contribution >= 4 is 11.7 Å². The smallest absolute Gasteiger partial charge is 0.319 e. The van der Waals surface area contributed by atoms with Crippen molar-refractivity contribution in [3.8, 4) is 0 Å². The van der Waals surface area contributed by atoms with Crippen LogP contribution in [0.3, 0.4) is 0 Å². The summed E-state index contributed by atoms with van der Waals surface area (Å²) in [5.41, 5.74) is 3.93. The molecule has 110 valence electrons. The third kappa shape index (κ3) is 3.81. The van der Waals surface area contributed by atoms with Gasteiger partial charge >= 0.3 is 6.03 Å². The predicted molar refractivity (Wildman–Crippen MR) is 85.4 cm³/mol. The molecule has 1 atom stereocenters. The second kappa shape index (κ2) is 6.88. The molecule has 2 aromatic rings. The van der Waals surface area contributed by atoms with Gasteiger partial charge < -0.3 is 10.6 Å². The highest BCUT2D eigenvalue weighted by Gasteiger charge is 2.12. The van der Waals surface area contributed by atoms with Gasteiger partial charge in [0.2, 0.25) is 0 Å². The highest BCUT2D eigenvalue weighted by Crippen LogP contribution is 2.21. The van der Waals surface area contributed by atoms with Crippen LogP contribution in [-0.4, -0.2) is 11.0 Å². The van der Waals surface area contributed by atoms with Gasteiger partial charge in [0.15, 0.2) is 0 Å². The van der Waals surface area contributed by atoms with E-state index in [0.29, 0.717) is 0 Å². The average Bonchev–Trinajstić information content (AvgIpc) is 2.50. The standard InChI is InChI=1S/C17H21N3O/c1-4-14-9-7-8-12(2)16(14)20-17(21)19-13(3)15-10-5-6-11-18-15/h5-11,13H,4H2,1-3H3,(H2,19,20,21)/t13-/m0/s1. The molecule has 0 aliphatic carbocycles. The Hall–Kier alpha value is -2.36. The van der Waals surface area contributed by atoms with Gasteiger partial charge in [0.1, 0.15) is 0 Å². The van der Waals surface area contributed by atoms with E-state index in [-0.39, 0.29) is 12.1 Å². The Balaban J connectivity index is 2.06. The summed E-state index contributed by atoms with van der Waals surface area (Å²) in [6, 6.07) is 11.4. The number of aryl methyl sites for hydroxylation is 2. The van der Waals surface area contributed by atoms with Crippen molar-refractivity contribution < 1.29 is 4.79 Å². The topological polar surface area (TPSA) is 54.0 Å². The highest BCUT2D eigenvalue weighted by atomic mass is 16.2. The number of rotatable bonds is 4. The maximum absolute atomic E-state index is 12.2. The molecule has 0 saturated carbocycles. The molecular formula is C17H21N3O. The van der Waals surface area contributed by atoms with Gasteiger partial charge in [-0.3, -0.25) is 4.98 Å². The molecule has 0 spiro atoms. The predicted octanol–water partition coefficient (Wildman–Crippen LogP) is 3.84. The molecule has 1 aromatic heterocycles. The fourth-order valence-electron chi connectivity index (χ4n) is 2.25. The van der Waals surface area contributed by atoms with E-state index in [9.17, 15) is 4.79 Å². The number of aromatic nitrogens is 1. The zero-order chi connectivity index (χ0) is 15.2. The first kappa shape index (κ1) is 15.0. The van der Waals surface area contributed by atoms with E-state index in [1.54, 1.807) is 6.20 Å². The molecule has 2 amide bonds. The van der Waals surface area contributed by atoms with E-state index in [2.05, 4.69) is 22.5 Å². The molecule has 0 fully saturated rings. The summed E-state index contributed by atoms with van der Waals surface area (Å²) in [5, 5.41) is 5.86. The van der Waals surface area contributed by atoms with E-state index >= 15 is 0 Å². The second-order valence-corrected chi connectivity index (χ2v) is 5.04. The van der Waals surface area contributed by atoms with Crippen LogP contribution < -0.4 is 10.6 Å². The van der Waals surface area contributed by atoms with Crippen molar-refractivity contribution in [2.45, 2.75) is 33.2 Å². The van der Waals surface area contributed by atoms with Crippen LogP contribution in [0.4, 0.5) is 10.5 Å². The molecule has 0 bridgehead atoms. The summed E-state index contributed by atoms with van der Waals surface area (Å²) >= 11 is 0. The van der Waals surface area contributed by atoms with Crippen LogP contribution in [0, 0.1) is 6.92 Å². The number of nitrogens with one attached hydrogen (secondary N) is 2. The van der Waals surface area contributed by atoms with E-state index < -0.39 is 0 Å². The molecule has 2 N–H and O–H groups in total. The molecule has 21 heavy (non-hydrogen) atoms. The number of anilines is 1. The minimum Gasteiger partial charge on any atom is -0.330 e. The lowest BCUT2D eigenvalue weighted by molar-refractivity contribution is 0.249. The van der Waals surface area contributed by atoms with Crippen LogP contribution in [0.15, 0.2) is 42.6 Å². The fourth-order valence-corrected chi connectivity index (χ4v) is 2.25. The van der Waals surface area contributed by atoms with Crippen LogP contribution >= 0.6 is 0 Å². The molecule has 1 heterocycles. The van der Waals surface area contributed by atoms with Gasteiger partial charge in [-0.05, 0) is 43.5 Å². The van der Waals surface area contributed by atoms with Crippen LogP contribution in [0.2, 0.25) is 0 Å². The largest absolute Gasteiger partial charge is 0.330 e. The van der Waals surface area contributed by atoms with Gasteiger partial charge in [-0.15, -0.1) is 0 Å². The molecule has 0 aliphatic heterocycles. The number of carbonyl (C=O) groups excluding carboxylic acids is 1. The Morgan fingerprint density at radius 2 is 2.05 bits per heavy atom. The van der Waals surface area contributed by atoms with E-state index in [4.69, 9.17) is 0 Å². The normalized spacial score (nSPS) is 11.8. The Bertz CT molecular complexity index is 611. The lowest BCUT2D eigenvalue weighted by Crippen LogP contribution is -2.32. The number of hydrogen-bond acceptors (Lipinski definition) is 2. The maximum Gasteiger partial charge on any atom is 0.319 e. The minimum absolute atomic E-state index is 0.139. The number of benzene rings is 1. The SMILES string of the molecule is CCc1cccc(C)c1NC(=O)N[C@@H](C)c1ccccn1. The van der Waals surface area contributed by atoms with Crippen molar-refractivity contribution in [1.82, 2.24) is 10.3 Å². The zero-order valence-corrected chi connectivity index (χ0v) is 12.7. The van der Waals surface area contributed by atoms with Crippen LogP contribution in [0.1, 0.15) is 36.7 Å². The van der Waals surface area contributed by atoms with Crippen molar-refractivity contribution in [1.29, 1.82) is 0 Å². The monoisotopic (exact) mass is 283 g/mol. The van der Waals surface area contributed by atoms with Crippen LogP contribution in [-0.2, 0) is 6.42 Å². The minimum atomic E-state index is -0.211. The third-order valence-electron chi connectivity index (χ3n) is 3.46. The number of carbonyl (C=O) groups is 1. The molecule has 0 saturated heterocycles. The zero-order valence-electron chi connectivity index (χ0n) is 12.7. The summed E-state index contributed by atoms with van der Waals surface area (Å²) in [4.78, 5) is 16.4. The van der Waals surface area contributed by atoms with Gasteiger partial charge in [-0.1, -0.05) is 31.2 Å². The Labute approximate surface area is 125 Å². The highest BCUT2D eigenvalue weighted by molar-refractivity contribution is 5.91. The molecule has 0 radical (unpaired) electrons. The molecule has 0 aliphatic rings. The quantitative estimate of drug-likeness (QED) is 0.895. The second-order valence-electron chi connectivity index (χ2n) is 5.04. The first-order valence-corrected chi connectivity index (χ1v) is 7.18. The third-order valence-corrected chi connectivity index (χ3v) is 3.46. The number of urea groups is 1. The summed E-state index contributed by atoms with van der Waals surface area (Å²) in [5.74, 6) is 0. The number of para-hydroxylation sites is 1. The van der Waals surface area contributed by atoms with Crippen LogP contribution in [0.5, 0.6) is 0 Å². The average molecular weight is 283 g/mol. The van der Waals surface area contributed by atoms with E-state index in [1.807, 2.05) is 50.2 Å². The summed E-state index contributed by atoms with van der Waals surface area (Å²) in [7, 11) is 0. The van der Waals surface area contributed by atoms with Gasteiger partial charge in [-0.2, -0.15) is 0 Å². The molecular weight excluding hydrogens is 262 g/mol. The van der Waals surface area contributed by atoms with Crippen molar-refractivity contribution in [3.05, 3.63) is 59.4 Å².